The van der Waals surface area contributed by atoms with Crippen LogP contribution in [0.3, 0.4) is 0 Å². The van der Waals surface area contributed by atoms with E-state index in [9.17, 15) is 19.2 Å². The van der Waals surface area contributed by atoms with E-state index in [-0.39, 0.29) is 51.6 Å². The van der Waals surface area contributed by atoms with Crippen molar-refractivity contribution in [1.29, 1.82) is 5.26 Å². The number of hydrogen-bond donors (Lipinski definition) is 0. The average Bonchev–Trinajstić information content (AvgIpc) is 3.55. The summed E-state index contributed by atoms with van der Waals surface area (Å²) in [6.07, 6.45) is 0.925. The van der Waals surface area contributed by atoms with E-state index in [0.717, 1.165) is 49.0 Å². The Morgan fingerprint density at radius 1 is 0.506 bits per heavy atom. The molecule has 15 heteroatoms. The Bertz CT molecular complexity index is 3370. The molecule has 0 fully saturated rings. The van der Waals surface area contributed by atoms with Crippen LogP contribution in [0.15, 0.2) is 127 Å². The lowest BCUT2D eigenvalue weighted by Gasteiger charge is -2.37. The van der Waals surface area contributed by atoms with Gasteiger partial charge in [0.05, 0.1) is 79.4 Å². The molecule has 0 aliphatic carbocycles. The molecule has 2 aliphatic heterocycles. The van der Waals surface area contributed by atoms with Gasteiger partial charge in [0.15, 0.2) is 0 Å². The zero-order valence-corrected chi connectivity index (χ0v) is 45.1. The van der Waals surface area contributed by atoms with Gasteiger partial charge in [0.25, 0.3) is 23.6 Å². The molecule has 0 N–H and O–H groups in total. The summed E-state index contributed by atoms with van der Waals surface area (Å²) in [6.45, 7) is 9.89. The lowest BCUT2D eigenvalue weighted by Crippen LogP contribution is -2.42. The minimum atomic E-state index is -1.03. The van der Waals surface area contributed by atoms with Crippen molar-refractivity contribution in [3.8, 4) is 17.6 Å². The summed E-state index contributed by atoms with van der Waals surface area (Å²) in [6, 6.07) is 42.9. The van der Waals surface area contributed by atoms with Gasteiger partial charge in [0.1, 0.15) is 25.4 Å². The van der Waals surface area contributed by atoms with Gasteiger partial charge in [-0.2, -0.15) is 5.26 Å². The van der Waals surface area contributed by atoms with E-state index in [1.807, 2.05) is 103 Å². The molecule has 1 unspecified atom stereocenters. The molecule has 8 aromatic carbocycles. The van der Waals surface area contributed by atoms with Gasteiger partial charge in [0, 0.05) is 51.3 Å². The van der Waals surface area contributed by atoms with Crippen LogP contribution < -0.4 is 9.47 Å². The Hall–Kier alpha value is -7.34. The Morgan fingerprint density at radius 2 is 0.922 bits per heavy atom. The zero-order chi connectivity index (χ0) is 54.0. The highest BCUT2D eigenvalue weighted by Crippen LogP contribution is 2.48. The minimum absolute atomic E-state index is 0.0253. The largest absolute Gasteiger partial charge is 0.497 e. The normalized spacial score (nSPS) is 14.1. The van der Waals surface area contributed by atoms with E-state index in [1.165, 1.54) is 9.80 Å². The Morgan fingerprint density at radius 3 is 1.32 bits per heavy atom. The topological polar surface area (TPSA) is 157 Å². The van der Waals surface area contributed by atoms with Crippen molar-refractivity contribution in [2.75, 3.05) is 73.1 Å². The first kappa shape index (κ1) is 53.1. The van der Waals surface area contributed by atoms with Crippen LogP contribution in [0.25, 0.3) is 43.1 Å². The van der Waals surface area contributed by atoms with Gasteiger partial charge >= 0.3 is 0 Å². The molecule has 0 bridgehead atoms. The summed E-state index contributed by atoms with van der Waals surface area (Å²) < 4.78 is 38.6. The van der Waals surface area contributed by atoms with Crippen LogP contribution in [0.1, 0.15) is 92.2 Å². The van der Waals surface area contributed by atoms with Crippen molar-refractivity contribution < 1.29 is 47.4 Å². The minimum Gasteiger partial charge on any atom is -0.497 e. The van der Waals surface area contributed by atoms with Crippen molar-refractivity contribution in [3.63, 3.8) is 0 Å². The van der Waals surface area contributed by atoms with Crippen LogP contribution in [0.5, 0.6) is 11.5 Å². The summed E-state index contributed by atoms with van der Waals surface area (Å²) in [4.78, 5) is 59.8. The third-order valence-electron chi connectivity index (χ3n) is 14.6. The average molecular weight is 1050 g/mol. The highest BCUT2D eigenvalue weighted by molar-refractivity contribution is 7.50. The number of methoxy groups -OCH3 is 2. The zero-order valence-electron chi connectivity index (χ0n) is 44.2. The molecule has 4 amide bonds. The Labute approximate surface area is 449 Å². The van der Waals surface area contributed by atoms with Crippen molar-refractivity contribution in [2.45, 2.75) is 51.8 Å². The summed E-state index contributed by atoms with van der Waals surface area (Å²) in [5, 5.41) is 15.1. The number of carbonyl (C=O) groups excluding carboxylic acids is 4. The first-order valence-electron chi connectivity index (χ1n) is 26.1. The number of hydrogen-bond acceptors (Lipinski definition) is 12. The number of benzene rings is 8. The number of carbonyl (C=O) groups is 4. The highest BCUT2D eigenvalue weighted by atomic mass is 31.2. The van der Waals surface area contributed by atoms with Crippen molar-refractivity contribution in [2.24, 2.45) is 0 Å². The number of fused-ring (bicyclic) bond motifs is 2. The second-order valence-electron chi connectivity index (χ2n) is 19.6. The molecule has 0 radical (unpaired) electrons. The van der Waals surface area contributed by atoms with Crippen molar-refractivity contribution in [1.82, 2.24) is 14.5 Å². The molecule has 394 valence electrons. The lowest BCUT2D eigenvalue weighted by molar-refractivity contribution is -0.0253. The molecule has 2 aliphatic rings. The standard InChI is InChI=1S/C62H61N4O10P/c1-39(2)66(40(3)4)77(76-32-10-29-63)38-37-74-34-31-65-60(69)52-27-23-48-46-21-25-50-56-51(26-22-47(54(46)56)49-24-28-53(61(65)70)57(52)55(48)49)59(68)64(58(50)67)30-33-73-35-36-75-62(41-11-8-7-9-12-41,42-13-17-44(71-5)18-14-42)43-15-19-45(72-6)20-16-43/h7-9,11-28,39-40H,10,30-38H2,1-6H3. The van der Waals surface area contributed by atoms with Gasteiger partial charge in [-0.25, -0.2) is 0 Å². The second-order valence-corrected chi connectivity index (χ2v) is 21.5. The van der Waals surface area contributed by atoms with E-state index in [1.54, 1.807) is 38.5 Å². The van der Waals surface area contributed by atoms with Gasteiger partial charge in [-0.3, -0.25) is 33.6 Å². The molecule has 0 aromatic heterocycles. The molecule has 0 spiro atoms. The summed E-state index contributed by atoms with van der Waals surface area (Å²) >= 11 is 0. The predicted octanol–water partition coefficient (Wildman–Crippen LogP) is 11.3. The number of nitriles is 1. The van der Waals surface area contributed by atoms with Crippen LogP contribution in [0, 0.1) is 11.3 Å². The first-order valence-corrected chi connectivity index (χ1v) is 27.4. The summed E-state index contributed by atoms with van der Waals surface area (Å²) in [5.74, 6) is -0.189. The summed E-state index contributed by atoms with van der Waals surface area (Å²) in [7, 11) is 2.23. The molecular weight excluding hydrogens is 992 g/mol. The van der Waals surface area contributed by atoms with Gasteiger partial charge in [0.2, 0.25) is 0 Å². The monoisotopic (exact) mass is 1050 g/mol. The molecule has 14 nitrogen and oxygen atoms in total. The van der Waals surface area contributed by atoms with Crippen LogP contribution >= 0.6 is 8.30 Å². The SMILES string of the molecule is COc1ccc(C(OCCOCCN2C(=O)c3ccc4c5ccc6c7c(ccc(c8ccc(c3c48)C2=O)c75)C(=O)N(CCOCCP(OCCC#N)N(C(C)C)C(C)C)C6=O)(c2ccccc2)c2ccc(OC)cc2)cc1. The molecular formula is C62H61N4O10P. The van der Waals surface area contributed by atoms with Crippen LogP contribution in [-0.2, 0) is 24.3 Å². The van der Waals surface area contributed by atoms with E-state index in [4.69, 9.17) is 33.5 Å². The third kappa shape index (κ3) is 9.67. The molecule has 10 rings (SSSR count). The van der Waals surface area contributed by atoms with E-state index in [0.29, 0.717) is 70.3 Å². The van der Waals surface area contributed by atoms with Crippen LogP contribution in [0.4, 0.5) is 0 Å². The van der Waals surface area contributed by atoms with Gasteiger partial charge < -0.3 is 28.2 Å². The van der Waals surface area contributed by atoms with E-state index in [2.05, 4.69) is 38.4 Å². The van der Waals surface area contributed by atoms with Gasteiger partial charge in [-0.05, 0) is 125 Å². The summed E-state index contributed by atoms with van der Waals surface area (Å²) in [5.41, 5.74) is 3.32. The number of rotatable bonds is 24. The van der Waals surface area contributed by atoms with Crippen molar-refractivity contribution in [3.05, 3.63) is 166 Å². The maximum absolute atomic E-state index is 14.4. The predicted molar refractivity (Wildman–Crippen MR) is 298 cm³/mol. The lowest BCUT2D eigenvalue weighted by atomic mass is 9.80. The molecule has 0 saturated heterocycles. The van der Waals surface area contributed by atoms with Crippen LogP contribution in [0.2, 0.25) is 0 Å². The Kier molecular flexibility index (Phi) is 15.6. The molecule has 0 saturated carbocycles. The maximum Gasteiger partial charge on any atom is 0.261 e. The highest BCUT2D eigenvalue weighted by Gasteiger charge is 2.39. The van der Waals surface area contributed by atoms with Crippen LogP contribution in [-0.4, -0.2) is 123 Å². The number of imide groups is 2. The quantitative estimate of drug-likeness (QED) is 0.0141. The fourth-order valence-corrected chi connectivity index (χ4v) is 13.4. The molecule has 77 heavy (non-hydrogen) atoms. The fourth-order valence-electron chi connectivity index (χ4n) is 11.3. The first-order chi connectivity index (χ1) is 37.4. The number of nitrogens with zero attached hydrogens (tertiary/aromatic N) is 4. The maximum atomic E-state index is 14.4. The van der Waals surface area contributed by atoms with Gasteiger partial charge in [-0.15, -0.1) is 0 Å². The third-order valence-corrected chi connectivity index (χ3v) is 17.1. The fraction of sp³-hybridized carbons (Fsp3) is 0.306. The number of amides is 4. The molecule has 8 aromatic rings. The second kappa shape index (κ2) is 22.7. The smallest absolute Gasteiger partial charge is 0.261 e. The van der Waals surface area contributed by atoms with E-state index >= 15 is 0 Å². The molecule has 1 atom stereocenters. The van der Waals surface area contributed by atoms with Crippen molar-refractivity contribution >= 4 is 75.0 Å². The Balaban J connectivity index is 0.843. The molecule has 2 heterocycles. The van der Waals surface area contributed by atoms with Gasteiger partial charge in [-0.1, -0.05) is 78.9 Å². The van der Waals surface area contributed by atoms with E-state index < -0.39 is 37.5 Å². The number of ether oxygens (including phenoxy) is 5.